The van der Waals surface area contributed by atoms with E-state index in [-0.39, 0.29) is 17.5 Å². The molecule has 3 heterocycles. The third-order valence-corrected chi connectivity index (χ3v) is 8.97. The standard InChI is InChI=1S/C25H29N3O2S2/c1-15-8-9-17(13-16(15)2)19-6-4-11-28(19)22(29)10-12-31-14-21-26-24(30)23-18-5-3-7-20(18)32-25(23)27-21/h8-9,13,19H,3-7,10-12,14H2,1-2H3,(H,26,27,30). The third-order valence-electron chi connectivity index (χ3n) is 6.81. The summed E-state index contributed by atoms with van der Waals surface area (Å²) in [5.74, 6) is 2.30. The van der Waals surface area contributed by atoms with Gasteiger partial charge in [0, 0.05) is 23.6 Å². The molecule has 5 nitrogen and oxygen atoms in total. The molecule has 2 aliphatic rings. The van der Waals surface area contributed by atoms with Crippen molar-refractivity contribution in [1.29, 1.82) is 0 Å². The molecule has 0 spiro atoms. The number of carbonyl (C=O) groups excluding carboxylic acids is 1. The Morgan fingerprint density at radius 2 is 2.12 bits per heavy atom. The molecular formula is C25H29N3O2S2. The predicted octanol–water partition coefficient (Wildman–Crippen LogP) is 5.08. The summed E-state index contributed by atoms with van der Waals surface area (Å²) < 4.78 is 0. The summed E-state index contributed by atoms with van der Waals surface area (Å²) in [4.78, 5) is 37.5. The minimum Gasteiger partial charge on any atom is -0.336 e. The summed E-state index contributed by atoms with van der Waals surface area (Å²) in [6, 6.07) is 6.77. The zero-order valence-corrected chi connectivity index (χ0v) is 20.3. The highest BCUT2D eigenvalue weighted by molar-refractivity contribution is 7.98. The number of H-pyrrole nitrogens is 1. The average Bonchev–Trinajstić information content (AvgIpc) is 3.48. The van der Waals surface area contributed by atoms with Gasteiger partial charge in [0.15, 0.2) is 0 Å². The van der Waals surface area contributed by atoms with Gasteiger partial charge in [-0.1, -0.05) is 18.2 Å². The van der Waals surface area contributed by atoms with Crippen LogP contribution < -0.4 is 5.56 Å². The zero-order chi connectivity index (χ0) is 22.2. The second-order valence-corrected chi connectivity index (χ2v) is 11.1. The first-order valence-electron chi connectivity index (χ1n) is 11.5. The lowest BCUT2D eigenvalue weighted by Crippen LogP contribution is -2.30. The summed E-state index contributed by atoms with van der Waals surface area (Å²) in [5.41, 5.74) is 5.04. The number of nitrogens with zero attached hydrogens (tertiary/aromatic N) is 2. The van der Waals surface area contributed by atoms with Gasteiger partial charge >= 0.3 is 0 Å². The molecule has 7 heteroatoms. The summed E-state index contributed by atoms with van der Waals surface area (Å²) >= 11 is 3.34. The first kappa shape index (κ1) is 21.7. The Hall–Kier alpha value is -2.12. The van der Waals surface area contributed by atoms with Crippen molar-refractivity contribution in [2.24, 2.45) is 0 Å². The average molecular weight is 468 g/mol. The molecule has 1 aliphatic heterocycles. The molecule has 1 unspecified atom stereocenters. The number of fused-ring (bicyclic) bond motifs is 3. The number of thioether (sulfide) groups is 1. The van der Waals surface area contributed by atoms with E-state index in [1.54, 1.807) is 23.1 Å². The molecule has 5 rings (SSSR count). The van der Waals surface area contributed by atoms with Crippen molar-refractivity contribution >= 4 is 39.2 Å². The van der Waals surface area contributed by atoms with Crippen LogP contribution in [0.15, 0.2) is 23.0 Å². The second-order valence-electron chi connectivity index (χ2n) is 8.94. The number of thiophene rings is 1. The van der Waals surface area contributed by atoms with Crippen molar-refractivity contribution in [3.05, 3.63) is 61.5 Å². The van der Waals surface area contributed by atoms with Crippen LogP contribution >= 0.6 is 23.1 Å². The molecule has 1 N–H and O–H groups in total. The lowest BCUT2D eigenvalue weighted by atomic mass is 9.99. The molecule has 32 heavy (non-hydrogen) atoms. The monoisotopic (exact) mass is 467 g/mol. The van der Waals surface area contributed by atoms with Crippen LogP contribution in [-0.4, -0.2) is 33.1 Å². The smallest absolute Gasteiger partial charge is 0.259 e. The van der Waals surface area contributed by atoms with Crippen LogP contribution in [0.5, 0.6) is 0 Å². The van der Waals surface area contributed by atoms with Gasteiger partial charge in [0.25, 0.3) is 5.56 Å². The highest BCUT2D eigenvalue weighted by Gasteiger charge is 2.29. The maximum absolute atomic E-state index is 12.9. The van der Waals surface area contributed by atoms with Gasteiger partial charge in [0.2, 0.25) is 5.91 Å². The number of aromatic amines is 1. The summed E-state index contributed by atoms with van der Waals surface area (Å²) in [6.45, 7) is 5.10. The fourth-order valence-corrected chi connectivity index (χ4v) is 7.05. The Labute approximate surface area is 196 Å². The highest BCUT2D eigenvalue weighted by Crippen LogP contribution is 2.35. The molecule has 0 saturated carbocycles. The molecule has 3 aromatic rings. The first-order valence-corrected chi connectivity index (χ1v) is 13.5. The number of likely N-dealkylation sites (tertiary alicyclic amines) is 1. The summed E-state index contributed by atoms with van der Waals surface area (Å²) in [6.07, 6.45) is 5.83. The van der Waals surface area contributed by atoms with Crippen LogP contribution in [-0.2, 0) is 23.4 Å². The molecule has 1 fully saturated rings. The molecule has 1 aromatic carbocycles. The van der Waals surface area contributed by atoms with E-state index in [1.165, 1.54) is 27.1 Å². The fourth-order valence-electron chi connectivity index (χ4n) is 4.97. The second kappa shape index (κ2) is 9.02. The molecule has 1 saturated heterocycles. The van der Waals surface area contributed by atoms with Crippen molar-refractivity contribution in [3.8, 4) is 0 Å². The van der Waals surface area contributed by atoms with E-state index in [4.69, 9.17) is 4.98 Å². The number of hydrogen-bond donors (Lipinski definition) is 1. The summed E-state index contributed by atoms with van der Waals surface area (Å²) in [7, 11) is 0. The number of carbonyl (C=O) groups is 1. The number of nitrogens with one attached hydrogen (secondary N) is 1. The fraction of sp³-hybridized carbons (Fsp3) is 0.480. The highest BCUT2D eigenvalue weighted by atomic mass is 32.2. The number of hydrogen-bond acceptors (Lipinski definition) is 5. The molecule has 168 valence electrons. The quantitative estimate of drug-likeness (QED) is 0.514. The number of amides is 1. The normalized spacial score (nSPS) is 17.9. The molecule has 0 radical (unpaired) electrons. The van der Waals surface area contributed by atoms with Crippen LogP contribution in [0, 0.1) is 13.8 Å². The van der Waals surface area contributed by atoms with Gasteiger partial charge in [0.1, 0.15) is 10.7 Å². The SMILES string of the molecule is Cc1ccc(C2CCCN2C(=O)CCSCc2nc3sc4c(c3c(=O)[nH]2)CCC4)cc1C. The predicted molar refractivity (Wildman–Crippen MR) is 133 cm³/mol. The van der Waals surface area contributed by atoms with E-state index in [2.05, 4.69) is 41.9 Å². The molecular weight excluding hydrogens is 438 g/mol. The van der Waals surface area contributed by atoms with Crippen LogP contribution in [0.25, 0.3) is 10.2 Å². The van der Waals surface area contributed by atoms with Crippen LogP contribution in [0.1, 0.15) is 64.7 Å². The van der Waals surface area contributed by atoms with Crippen molar-refractivity contribution in [2.45, 2.75) is 64.2 Å². The molecule has 2 aromatic heterocycles. The minimum absolute atomic E-state index is 0.00521. The van der Waals surface area contributed by atoms with Crippen molar-refractivity contribution in [1.82, 2.24) is 14.9 Å². The Morgan fingerprint density at radius 3 is 2.97 bits per heavy atom. The molecule has 1 aliphatic carbocycles. The van der Waals surface area contributed by atoms with E-state index in [0.29, 0.717) is 18.0 Å². The lowest BCUT2D eigenvalue weighted by molar-refractivity contribution is -0.131. The number of rotatable bonds is 6. The van der Waals surface area contributed by atoms with E-state index in [9.17, 15) is 9.59 Å². The van der Waals surface area contributed by atoms with Gasteiger partial charge in [-0.05, 0) is 68.2 Å². The number of aryl methyl sites for hydroxylation is 4. The zero-order valence-electron chi connectivity index (χ0n) is 18.7. The van der Waals surface area contributed by atoms with Crippen LogP contribution in [0.4, 0.5) is 0 Å². The minimum atomic E-state index is -0.00521. The molecule has 1 amide bonds. The van der Waals surface area contributed by atoms with Crippen molar-refractivity contribution in [2.75, 3.05) is 12.3 Å². The number of aromatic nitrogens is 2. The van der Waals surface area contributed by atoms with E-state index < -0.39 is 0 Å². The Kier molecular flexibility index (Phi) is 6.12. The van der Waals surface area contributed by atoms with Gasteiger partial charge < -0.3 is 9.88 Å². The van der Waals surface area contributed by atoms with E-state index in [0.717, 1.165) is 54.6 Å². The molecule has 0 bridgehead atoms. The Balaban J connectivity index is 1.18. The molecule has 1 atom stereocenters. The Morgan fingerprint density at radius 1 is 1.25 bits per heavy atom. The third kappa shape index (κ3) is 4.13. The lowest BCUT2D eigenvalue weighted by Gasteiger charge is -2.25. The van der Waals surface area contributed by atoms with E-state index in [1.807, 2.05) is 0 Å². The van der Waals surface area contributed by atoms with Gasteiger partial charge in [-0.15, -0.1) is 11.3 Å². The maximum atomic E-state index is 12.9. The maximum Gasteiger partial charge on any atom is 0.259 e. The first-order chi connectivity index (χ1) is 15.5. The van der Waals surface area contributed by atoms with Gasteiger partial charge in [-0.2, -0.15) is 11.8 Å². The van der Waals surface area contributed by atoms with Crippen molar-refractivity contribution < 1.29 is 4.79 Å². The van der Waals surface area contributed by atoms with Crippen molar-refractivity contribution in [3.63, 3.8) is 0 Å². The van der Waals surface area contributed by atoms with Crippen LogP contribution in [0.2, 0.25) is 0 Å². The van der Waals surface area contributed by atoms with Gasteiger partial charge in [-0.3, -0.25) is 9.59 Å². The topological polar surface area (TPSA) is 66.1 Å². The van der Waals surface area contributed by atoms with Crippen LogP contribution in [0.3, 0.4) is 0 Å². The number of benzene rings is 1. The largest absolute Gasteiger partial charge is 0.336 e. The summed E-state index contributed by atoms with van der Waals surface area (Å²) in [5, 5.41) is 0.804. The van der Waals surface area contributed by atoms with Gasteiger partial charge in [0.05, 0.1) is 17.2 Å². The van der Waals surface area contributed by atoms with E-state index >= 15 is 0 Å². The van der Waals surface area contributed by atoms with Gasteiger partial charge in [-0.25, -0.2) is 4.98 Å². The Bertz CT molecular complexity index is 1230.